The maximum atomic E-state index is 15.0. The predicted molar refractivity (Wildman–Crippen MR) is 127 cm³/mol. The second kappa shape index (κ2) is 9.69. The Morgan fingerprint density at radius 3 is 2.46 bits per heavy atom. The number of hydrogen-bond acceptors (Lipinski definition) is 7. The van der Waals surface area contributed by atoms with Crippen molar-refractivity contribution in [3.05, 3.63) is 56.6 Å². The highest BCUT2D eigenvalue weighted by Crippen LogP contribution is 2.37. The smallest absolute Gasteiger partial charge is 0.372 e. The number of aromatic nitrogens is 4. The summed E-state index contributed by atoms with van der Waals surface area (Å²) < 4.78 is 62.5. The number of halogens is 4. The number of aryl methyl sites for hydroxylation is 2. The molecule has 1 aliphatic rings. The summed E-state index contributed by atoms with van der Waals surface area (Å²) >= 11 is 0. The molecule has 3 atom stereocenters. The maximum absolute atomic E-state index is 15.0. The van der Waals surface area contributed by atoms with E-state index in [-0.39, 0.29) is 51.6 Å². The fourth-order valence-corrected chi connectivity index (χ4v) is 4.68. The lowest BCUT2D eigenvalue weighted by atomic mass is 9.97. The third kappa shape index (κ3) is 5.26. The molecule has 1 aliphatic heterocycles. The Hall–Kier alpha value is -3.61. The fourth-order valence-electron chi connectivity index (χ4n) is 4.68. The lowest BCUT2D eigenvalue weighted by Gasteiger charge is -2.35. The summed E-state index contributed by atoms with van der Waals surface area (Å²) in [6.45, 7) is 8.49. The summed E-state index contributed by atoms with van der Waals surface area (Å²) in [6.07, 6.45) is -4.06. The molecule has 13 heteroatoms. The number of hydrogen-bond donors (Lipinski definition) is 2. The molecule has 1 fully saturated rings. The highest BCUT2D eigenvalue weighted by molar-refractivity contribution is 5.94. The van der Waals surface area contributed by atoms with Gasteiger partial charge in [0.1, 0.15) is 5.82 Å². The van der Waals surface area contributed by atoms with Gasteiger partial charge < -0.3 is 19.9 Å². The molecule has 0 bridgehead atoms. The predicted octanol–water partition coefficient (Wildman–Crippen LogP) is 3.91. The Labute approximate surface area is 209 Å². The van der Waals surface area contributed by atoms with E-state index in [1.807, 2.05) is 13.8 Å². The summed E-state index contributed by atoms with van der Waals surface area (Å²) in [6, 6.07) is -0.165. The number of carbonyl (C=O) groups excluding carboxylic acids is 1. The molecule has 0 radical (unpaired) electrons. The largest absolute Gasteiger partial charge is 0.433 e. The number of pyridine rings is 2. The molecule has 2 N–H and O–H groups in total. The maximum Gasteiger partial charge on any atom is 0.433 e. The van der Waals surface area contributed by atoms with Crippen molar-refractivity contribution in [1.29, 1.82) is 0 Å². The minimum atomic E-state index is -4.86. The number of anilines is 1. The van der Waals surface area contributed by atoms with Crippen LogP contribution in [-0.4, -0.2) is 56.0 Å². The zero-order chi connectivity index (χ0) is 27.2. The number of rotatable bonds is 4. The molecule has 4 rings (SSSR count). The molecule has 4 heterocycles. The molecule has 0 aromatic carbocycles. The van der Waals surface area contributed by atoms with Crippen LogP contribution >= 0.6 is 0 Å². The Morgan fingerprint density at radius 1 is 1.22 bits per heavy atom. The van der Waals surface area contributed by atoms with E-state index in [0.717, 1.165) is 6.07 Å². The summed E-state index contributed by atoms with van der Waals surface area (Å²) in [4.78, 5) is 40.9. The van der Waals surface area contributed by atoms with Gasteiger partial charge in [-0.15, -0.1) is 0 Å². The van der Waals surface area contributed by atoms with Crippen LogP contribution in [0.15, 0.2) is 17.1 Å². The second-order valence-electron chi connectivity index (χ2n) is 9.23. The van der Waals surface area contributed by atoms with Gasteiger partial charge in [0.25, 0.3) is 11.5 Å². The van der Waals surface area contributed by atoms with Gasteiger partial charge in [-0.05, 0) is 46.2 Å². The SMILES string of the molecule is Cc1nc2nc(C(F)(F)F)c([C@H](C)Nc3ncc(C(=O)N4C[C@@H](C)O[C@@H](C)C4)cc3F)c(C)c2c(=O)[nH]1. The van der Waals surface area contributed by atoms with Gasteiger partial charge in [0.2, 0.25) is 0 Å². The minimum absolute atomic E-state index is 0.00418. The number of alkyl halides is 3. The second-order valence-corrected chi connectivity index (χ2v) is 9.23. The van der Waals surface area contributed by atoms with Crippen LogP contribution < -0.4 is 10.9 Å². The van der Waals surface area contributed by atoms with Crippen LogP contribution in [0.3, 0.4) is 0 Å². The molecular formula is C24H26F4N6O3. The van der Waals surface area contributed by atoms with Crippen LogP contribution in [0.5, 0.6) is 0 Å². The Balaban J connectivity index is 1.68. The highest BCUT2D eigenvalue weighted by Gasteiger charge is 2.39. The van der Waals surface area contributed by atoms with Crippen molar-refractivity contribution < 1.29 is 27.1 Å². The summed E-state index contributed by atoms with van der Waals surface area (Å²) in [7, 11) is 0. The van der Waals surface area contributed by atoms with E-state index in [1.165, 1.54) is 31.9 Å². The third-order valence-corrected chi connectivity index (χ3v) is 6.12. The van der Waals surface area contributed by atoms with E-state index in [1.54, 1.807) is 0 Å². The van der Waals surface area contributed by atoms with Crippen LogP contribution in [-0.2, 0) is 10.9 Å². The van der Waals surface area contributed by atoms with Crippen LogP contribution in [0, 0.1) is 19.7 Å². The third-order valence-electron chi connectivity index (χ3n) is 6.12. The van der Waals surface area contributed by atoms with Gasteiger partial charge in [0.05, 0.1) is 29.2 Å². The molecule has 0 aliphatic carbocycles. The van der Waals surface area contributed by atoms with Crippen LogP contribution in [0.4, 0.5) is 23.4 Å². The van der Waals surface area contributed by atoms with Gasteiger partial charge in [-0.3, -0.25) is 9.59 Å². The number of amides is 1. The zero-order valence-corrected chi connectivity index (χ0v) is 20.8. The van der Waals surface area contributed by atoms with E-state index in [4.69, 9.17) is 4.74 Å². The first-order chi connectivity index (χ1) is 17.3. The standard InChI is InChI=1S/C24H26F4N6O3/c1-10-8-34(9-11(2)37-10)23(36)15-6-16(25)20(29-7-15)30-13(4)17-12(3)18-21(31-14(5)32-22(18)35)33-19(17)24(26,27)28/h6-7,10-11,13H,8-9H2,1-5H3,(H,29,30)(H,31,32,33,35)/t10-,11+,13-/m0/s1. The van der Waals surface area contributed by atoms with Crippen LogP contribution in [0.2, 0.25) is 0 Å². The van der Waals surface area contributed by atoms with Gasteiger partial charge in [0.15, 0.2) is 23.0 Å². The summed E-state index contributed by atoms with van der Waals surface area (Å²) in [5.74, 6) is -1.57. The molecule has 0 saturated carbocycles. The molecule has 3 aromatic rings. The fraction of sp³-hybridized carbons (Fsp3) is 0.458. The molecular weight excluding hydrogens is 496 g/mol. The number of ether oxygens (including phenoxy) is 1. The number of fused-ring (bicyclic) bond motifs is 1. The van der Waals surface area contributed by atoms with Crippen molar-refractivity contribution in [2.45, 2.75) is 59.0 Å². The first-order valence-electron chi connectivity index (χ1n) is 11.6. The Morgan fingerprint density at radius 2 is 1.86 bits per heavy atom. The summed E-state index contributed by atoms with van der Waals surface area (Å²) in [5, 5.41) is 2.54. The number of aromatic amines is 1. The number of nitrogens with one attached hydrogen (secondary N) is 2. The highest BCUT2D eigenvalue weighted by atomic mass is 19.4. The van der Waals surface area contributed by atoms with Gasteiger partial charge >= 0.3 is 6.18 Å². The van der Waals surface area contributed by atoms with Crippen molar-refractivity contribution in [2.75, 3.05) is 18.4 Å². The lowest BCUT2D eigenvalue weighted by molar-refractivity contribution is -0.141. The molecule has 1 saturated heterocycles. The van der Waals surface area contributed by atoms with Gasteiger partial charge in [-0.25, -0.2) is 19.3 Å². The quantitative estimate of drug-likeness (QED) is 0.500. The number of nitrogens with zero attached hydrogens (tertiary/aromatic N) is 4. The lowest BCUT2D eigenvalue weighted by Crippen LogP contribution is -2.48. The Kier molecular flexibility index (Phi) is 6.93. The molecule has 0 unspecified atom stereocenters. The van der Waals surface area contributed by atoms with Crippen molar-refractivity contribution in [3.8, 4) is 0 Å². The van der Waals surface area contributed by atoms with E-state index >= 15 is 0 Å². The van der Waals surface area contributed by atoms with Crippen molar-refractivity contribution in [1.82, 2.24) is 24.8 Å². The van der Waals surface area contributed by atoms with Crippen molar-refractivity contribution in [3.63, 3.8) is 0 Å². The first-order valence-corrected chi connectivity index (χ1v) is 11.6. The zero-order valence-electron chi connectivity index (χ0n) is 20.8. The number of morpholine rings is 1. The normalized spacial score (nSPS) is 19.2. The monoisotopic (exact) mass is 522 g/mol. The molecule has 37 heavy (non-hydrogen) atoms. The topological polar surface area (TPSA) is 113 Å². The van der Waals surface area contributed by atoms with Crippen LogP contribution in [0.1, 0.15) is 59.8 Å². The summed E-state index contributed by atoms with van der Waals surface area (Å²) in [5.41, 5.74) is -2.53. The van der Waals surface area contributed by atoms with Crippen LogP contribution in [0.25, 0.3) is 11.0 Å². The van der Waals surface area contributed by atoms with Crippen molar-refractivity contribution in [2.24, 2.45) is 0 Å². The number of H-pyrrole nitrogens is 1. The molecule has 198 valence electrons. The van der Waals surface area contributed by atoms with E-state index in [2.05, 4.69) is 25.3 Å². The van der Waals surface area contributed by atoms with Gasteiger partial charge in [0, 0.05) is 24.8 Å². The molecule has 0 spiro atoms. The van der Waals surface area contributed by atoms with Gasteiger partial charge in [-0.1, -0.05) is 0 Å². The van der Waals surface area contributed by atoms with E-state index < -0.39 is 35.2 Å². The van der Waals surface area contributed by atoms with Gasteiger partial charge in [-0.2, -0.15) is 13.2 Å². The molecule has 3 aromatic heterocycles. The average molecular weight is 523 g/mol. The first kappa shape index (κ1) is 26.5. The Bertz CT molecular complexity index is 1410. The average Bonchev–Trinajstić information content (AvgIpc) is 2.77. The number of carbonyl (C=O) groups is 1. The molecule has 9 nitrogen and oxygen atoms in total. The van der Waals surface area contributed by atoms with Crippen molar-refractivity contribution >= 4 is 22.8 Å². The minimum Gasteiger partial charge on any atom is -0.372 e. The van der Waals surface area contributed by atoms with E-state index in [0.29, 0.717) is 13.1 Å². The molecule has 1 amide bonds. The van der Waals surface area contributed by atoms with E-state index in [9.17, 15) is 27.2 Å².